The molecule has 0 aliphatic carbocycles. The van der Waals surface area contributed by atoms with Crippen LogP contribution in [0.4, 0.5) is 4.39 Å². The fourth-order valence-electron chi connectivity index (χ4n) is 1.10. The van der Waals surface area contributed by atoms with Gasteiger partial charge in [0.05, 0.1) is 5.56 Å². The van der Waals surface area contributed by atoms with E-state index in [-0.39, 0.29) is 17.1 Å². The van der Waals surface area contributed by atoms with Crippen LogP contribution in [0.1, 0.15) is 24.2 Å². The number of hydrogen-bond donors (Lipinski definition) is 0. The van der Waals surface area contributed by atoms with Crippen molar-refractivity contribution in [2.24, 2.45) is 0 Å². The topological polar surface area (TPSA) is 69.7 Å². The largest absolute Gasteiger partial charge is 0.423 e. The monoisotopic (exact) mass is 240 g/mol. The molecule has 1 aromatic rings. The van der Waals surface area contributed by atoms with Crippen LogP contribution in [0.25, 0.3) is 0 Å². The van der Waals surface area contributed by atoms with Crippen molar-refractivity contribution in [3.05, 3.63) is 23.8 Å². The summed E-state index contributed by atoms with van der Waals surface area (Å²) >= 11 is 0. The molecule has 5 nitrogen and oxygen atoms in total. The Labute approximate surface area is 96.1 Å². The highest BCUT2D eigenvalue weighted by molar-refractivity contribution is 5.89. The lowest BCUT2D eigenvalue weighted by atomic mass is 10.2. The van der Waals surface area contributed by atoms with Gasteiger partial charge in [0.15, 0.2) is 11.5 Å². The van der Waals surface area contributed by atoms with E-state index in [0.29, 0.717) is 0 Å². The molecule has 0 aliphatic rings. The van der Waals surface area contributed by atoms with Crippen molar-refractivity contribution in [1.82, 2.24) is 0 Å². The van der Waals surface area contributed by atoms with E-state index in [9.17, 15) is 18.8 Å². The van der Waals surface area contributed by atoms with E-state index in [1.165, 1.54) is 6.07 Å². The van der Waals surface area contributed by atoms with E-state index < -0.39 is 18.0 Å². The smallest absolute Gasteiger partial charge is 0.332 e. The molecule has 17 heavy (non-hydrogen) atoms. The number of esters is 2. The van der Waals surface area contributed by atoms with E-state index >= 15 is 0 Å². The lowest BCUT2D eigenvalue weighted by Crippen LogP contribution is -2.08. The molecule has 1 aromatic carbocycles. The zero-order valence-electron chi connectivity index (χ0n) is 9.15. The number of carbonyl (C=O) groups excluding carboxylic acids is 3. The van der Waals surface area contributed by atoms with Gasteiger partial charge in [-0.15, -0.1) is 0 Å². The van der Waals surface area contributed by atoms with E-state index in [0.717, 1.165) is 26.0 Å². The molecular weight excluding hydrogens is 231 g/mol. The fourth-order valence-corrected chi connectivity index (χ4v) is 1.10. The quantitative estimate of drug-likeness (QED) is 0.456. The minimum absolute atomic E-state index is 0.0577. The molecule has 0 N–H and O–H groups in total. The highest BCUT2D eigenvalue weighted by Gasteiger charge is 2.14. The molecule has 0 amide bonds. The number of ether oxygens (including phenoxy) is 2. The van der Waals surface area contributed by atoms with Crippen molar-refractivity contribution in [1.29, 1.82) is 0 Å². The maximum Gasteiger partial charge on any atom is 0.332 e. The number of hydrogen-bond acceptors (Lipinski definition) is 5. The molecule has 0 unspecified atom stereocenters. The maximum absolute atomic E-state index is 12.5. The summed E-state index contributed by atoms with van der Waals surface area (Å²) in [5.74, 6) is -1.55. The first-order chi connectivity index (χ1) is 7.90. The summed E-state index contributed by atoms with van der Waals surface area (Å²) in [7, 11) is 0. The molecule has 0 fully saturated rings. The van der Waals surface area contributed by atoms with E-state index in [1.807, 2.05) is 0 Å². The number of rotatable bonds is 3. The molecule has 6 heteroatoms. The average molecular weight is 240 g/mol. The van der Waals surface area contributed by atoms with Gasteiger partial charge < -0.3 is 9.47 Å². The summed E-state index contributed by atoms with van der Waals surface area (Å²) in [4.78, 5) is 32.1. The van der Waals surface area contributed by atoms with Crippen molar-refractivity contribution in [2.75, 3.05) is 0 Å². The predicted octanol–water partition coefficient (Wildman–Crippen LogP) is 1.65. The van der Waals surface area contributed by atoms with Crippen molar-refractivity contribution in [3.8, 4) is 11.5 Å². The number of carbonyl (C=O) groups is 3. The molecule has 0 bridgehead atoms. The summed E-state index contributed by atoms with van der Waals surface area (Å²) in [6.07, 6.45) is 0. The molecule has 0 saturated heterocycles. The van der Waals surface area contributed by atoms with Crippen LogP contribution in [0.15, 0.2) is 18.2 Å². The summed E-state index contributed by atoms with van der Waals surface area (Å²) in [6, 6.07) is 1.61. The van der Waals surface area contributed by atoms with Gasteiger partial charge in [-0.05, 0) is 18.2 Å². The maximum atomic E-state index is 12.5. The third-order valence-corrected chi connectivity index (χ3v) is 1.68. The Kier molecular flexibility index (Phi) is 3.92. The summed E-state index contributed by atoms with van der Waals surface area (Å²) in [6.45, 7) is 2.28. The summed E-state index contributed by atoms with van der Waals surface area (Å²) in [5, 5.41) is 0. The van der Waals surface area contributed by atoms with Crippen LogP contribution < -0.4 is 9.47 Å². The van der Waals surface area contributed by atoms with Crippen LogP contribution in [0, 0.1) is 0 Å². The molecule has 0 spiro atoms. The van der Waals surface area contributed by atoms with Crippen LogP contribution in [-0.4, -0.2) is 18.0 Å². The third kappa shape index (κ3) is 3.67. The molecule has 0 radical (unpaired) electrons. The second-order valence-electron chi connectivity index (χ2n) is 3.12. The van der Waals surface area contributed by atoms with Crippen LogP contribution in [0.2, 0.25) is 0 Å². The summed E-state index contributed by atoms with van der Waals surface area (Å²) in [5.41, 5.74) is -0.294. The van der Waals surface area contributed by atoms with Gasteiger partial charge in [-0.25, -0.2) is 0 Å². The number of halogens is 1. The second-order valence-corrected chi connectivity index (χ2v) is 3.12. The van der Waals surface area contributed by atoms with Crippen molar-refractivity contribution in [2.45, 2.75) is 13.8 Å². The Morgan fingerprint density at radius 1 is 1.00 bits per heavy atom. The SMILES string of the molecule is CC(=O)Oc1ccc(C(=O)F)cc1OC(C)=O. The normalized spacial score (nSPS) is 9.59. The first-order valence-corrected chi connectivity index (χ1v) is 4.61. The Morgan fingerprint density at radius 3 is 2.00 bits per heavy atom. The highest BCUT2D eigenvalue weighted by Crippen LogP contribution is 2.29. The average Bonchev–Trinajstić information content (AvgIpc) is 2.18. The molecule has 1 rings (SSSR count). The Morgan fingerprint density at radius 2 is 1.53 bits per heavy atom. The summed E-state index contributed by atoms with van der Waals surface area (Å²) < 4.78 is 21.9. The van der Waals surface area contributed by atoms with Crippen LogP contribution in [0.3, 0.4) is 0 Å². The van der Waals surface area contributed by atoms with Gasteiger partial charge in [-0.3, -0.25) is 14.4 Å². The molecule has 0 saturated carbocycles. The zero-order chi connectivity index (χ0) is 13.0. The third-order valence-electron chi connectivity index (χ3n) is 1.68. The Bertz CT molecular complexity index is 481. The zero-order valence-corrected chi connectivity index (χ0v) is 9.15. The highest BCUT2D eigenvalue weighted by atomic mass is 19.1. The van der Waals surface area contributed by atoms with Gasteiger partial charge in [0.25, 0.3) is 0 Å². The molecule has 0 aromatic heterocycles. The molecule has 90 valence electrons. The van der Waals surface area contributed by atoms with Gasteiger partial charge in [0, 0.05) is 13.8 Å². The fraction of sp³-hybridized carbons (Fsp3) is 0.182. The van der Waals surface area contributed by atoms with E-state index in [4.69, 9.17) is 9.47 Å². The van der Waals surface area contributed by atoms with Gasteiger partial charge >= 0.3 is 18.0 Å². The molecule has 0 aliphatic heterocycles. The first-order valence-electron chi connectivity index (χ1n) is 4.61. The first kappa shape index (κ1) is 12.8. The van der Waals surface area contributed by atoms with Gasteiger partial charge in [0.1, 0.15) is 0 Å². The minimum atomic E-state index is -1.67. The second kappa shape index (κ2) is 5.20. The van der Waals surface area contributed by atoms with Crippen LogP contribution in [0.5, 0.6) is 11.5 Å². The minimum Gasteiger partial charge on any atom is -0.423 e. The van der Waals surface area contributed by atoms with Crippen molar-refractivity contribution in [3.63, 3.8) is 0 Å². The van der Waals surface area contributed by atoms with Gasteiger partial charge in [-0.1, -0.05) is 0 Å². The van der Waals surface area contributed by atoms with Crippen molar-refractivity contribution < 1.29 is 28.2 Å². The molecular formula is C11H9FO5. The Hall–Kier alpha value is -2.24. The van der Waals surface area contributed by atoms with Gasteiger partial charge in [-0.2, -0.15) is 4.39 Å². The lowest BCUT2D eigenvalue weighted by Gasteiger charge is -2.08. The standard InChI is InChI=1S/C11H9FO5/c1-6(13)16-9-4-3-8(11(12)15)5-10(9)17-7(2)14/h3-5H,1-2H3. The predicted molar refractivity (Wildman–Crippen MR) is 54.5 cm³/mol. The van der Waals surface area contributed by atoms with Gasteiger partial charge in [0.2, 0.25) is 0 Å². The lowest BCUT2D eigenvalue weighted by molar-refractivity contribution is -0.134. The van der Waals surface area contributed by atoms with Crippen LogP contribution >= 0.6 is 0 Å². The Balaban J connectivity index is 3.15. The molecule has 0 atom stereocenters. The number of benzene rings is 1. The van der Waals surface area contributed by atoms with E-state index in [1.54, 1.807) is 0 Å². The van der Waals surface area contributed by atoms with Crippen molar-refractivity contribution >= 4 is 18.0 Å². The van der Waals surface area contributed by atoms with E-state index in [2.05, 4.69) is 0 Å². The van der Waals surface area contributed by atoms with Crippen LogP contribution in [-0.2, 0) is 9.59 Å². The molecule has 0 heterocycles.